The molecule has 8 heteroatoms. The molecule has 1 atom stereocenters. The topological polar surface area (TPSA) is 93.7 Å². The molecule has 0 spiro atoms. The number of rotatable bonds is 9. The highest BCUT2D eigenvalue weighted by Gasteiger charge is 2.24. The van der Waals surface area contributed by atoms with Gasteiger partial charge in [0.2, 0.25) is 0 Å². The number of aromatic nitrogens is 2. The third kappa shape index (κ3) is 7.89. The molecule has 0 aliphatic rings. The lowest BCUT2D eigenvalue weighted by molar-refractivity contribution is -0.141. The standard InChI is InChI=1S/C32H34N4O4/c1-32(2,3)40-31(38)36(21-24-13-9-6-10-14-24)26-17-15-25(16-18-26)27-20-29(34-22-33-27)35-28(30(37)39-4)19-23-11-7-5-8-12-23/h5-18,20,22,28H,19,21H2,1-4H3,(H,33,34,35)/t28-/m0/s1. The van der Waals surface area contributed by atoms with Crippen LogP contribution in [-0.2, 0) is 27.2 Å². The third-order valence-corrected chi connectivity index (χ3v) is 6.03. The van der Waals surface area contributed by atoms with Gasteiger partial charge in [-0.1, -0.05) is 72.8 Å². The molecule has 1 N–H and O–H groups in total. The average molecular weight is 539 g/mol. The van der Waals surface area contributed by atoms with Gasteiger partial charge in [0.25, 0.3) is 0 Å². The van der Waals surface area contributed by atoms with Crippen molar-refractivity contribution in [2.45, 2.75) is 45.4 Å². The Balaban J connectivity index is 1.55. The predicted molar refractivity (Wildman–Crippen MR) is 156 cm³/mol. The molecule has 0 radical (unpaired) electrons. The van der Waals surface area contributed by atoms with Gasteiger partial charge in [-0.05, 0) is 44.0 Å². The van der Waals surface area contributed by atoms with Crippen LogP contribution in [0.15, 0.2) is 97.3 Å². The summed E-state index contributed by atoms with van der Waals surface area (Å²) >= 11 is 0. The van der Waals surface area contributed by atoms with Crippen LogP contribution < -0.4 is 10.2 Å². The molecule has 1 heterocycles. The van der Waals surface area contributed by atoms with Crippen molar-refractivity contribution in [3.63, 3.8) is 0 Å². The first-order valence-corrected chi connectivity index (χ1v) is 13.1. The largest absolute Gasteiger partial charge is 0.467 e. The van der Waals surface area contributed by atoms with Gasteiger partial charge >= 0.3 is 12.1 Å². The van der Waals surface area contributed by atoms with Gasteiger partial charge in [0.15, 0.2) is 0 Å². The van der Waals surface area contributed by atoms with Crippen LogP contribution in [0, 0.1) is 0 Å². The maximum atomic E-state index is 13.1. The second-order valence-electron chi connectivity index (χ2n) is 10.3. The maximum absolute atomic E-state index is 13.1. The summed E-state index contributed by atoms with van der Waals surface area (Å²) in [6.45, 7) is 5.91. The number of esters is 1. The lowest BCUT2D eigenvalue weighted by Gasteiger charge is -2.27. The zero-order valence-corrected chi connectivity index (χ0v) is 23.2. The van der Waals surface area contributed by atoms with Gasteiger partial charge in [0.05, 0.1) is 19.3 Å². The second-order valence-corrected chi connectivity index (χ2v) is 10.3. The lowest BCUT2D eigenvalue weighted by atomic mass is 10.1. The van der Waals surface area contributed by atoms with Crippen molar-refractivity contribution in [2.24, 2.45) is 0 Å². The quantitative estimate of drug-likeness (QED) is 0.251. The summed E-state index contributed by atoms with van der Waals surface area (Å²) in [6, 6.07) is 28.2. The maximum Gasteiger partial charge on any atom is 0.415 e. The normalized spacial score (nSPS) is 11.8. The van der Waals surface area contributed by atoms with E-state index in [4.69, 9.17) is 9.47 Å². The van der Waals surface area contributed by atoms with Crippen LogP contribution >= 0.6 is 0 Å². The molecule has 0 saturated carbocycles. The Bertz CT molecular complexity index is 1400. The highest BCUT2D eigenvalue weighted by atomic mass is 16.6. The van der Waals surface area contributed by atoms with Crippen LogP contribution in [-0.4, -0.2) is 40.8 Å². The summed E-state index contributed by atoms with van der Waals surface area (Å²) < 4.78 is 10.7. The van der Waals surface area contributed by atoms with Crippen molar-refractivity contribution in [1.29, 1.82) is 0 Å². The van der Waals surface area contributed by atoms with Crippen molar-refractivity contribution in [3.8, 4) is 11.3 Å². The minimum Gasteiger partial charge on any atom is -0.467 e. The Morgan fingerprint density at radius 3 is 2.10 bits per heavy atom. The summed E-state index contributed by atoms with van der Waals surface area (Å²) in [4.78, 5) is 35.9. The van der Waals surface area contributed by atoms with Crippen LogP contribution in [0.5, 0.6) is 0 Å². The van der Waals surface area contributed by atoms with E-state index in [9.17, 15) is 9.59 Å². The van der Waals surface area contributed by atoms with E-state index in [-0.39, 0.29) is 5.97 Å². The molecular weight excluding hydrogens is 504 g/mol. The number of carbonyl (C=O) groups excluding carboxylic acids is 2. The molecule has 40 heavy (non-hydrogen) atoms. The first kappa shape index (κ1) is 28.3. The van der Waals surface area contributed by atoms with Gasteiger partial charge < -0.3 is 14.8 Å². The Labute approximate surface area is 235 Å². The predicted octanol–water partition coefficient (Wildman–Crippen LogP) is 6.28. The van der Waals surface area contributed by atoms with E-state index in [1.54, 1.807) is 11.0 Å². The Morgan fingerprint density at radius 2 is 1.50 bits per heavy atom. The minimum absolute atomic E-state index is 0.368. The highest BCUT2D eigenvalue weighted by molar-refractivity contribution is 5.88. The van der Waals surface area contributed by atoms with E-state index >= 15 is 0 Å². The molecule has 4 aromatic rings. The third-order valence-electron chi connectivity index (χ3n) is 6.03. The number of nitrogens with one attached hydrogen (secondary N) is 1. The SMILES string of the molecule is COC(=O)[C@H](Cc1ccccc1)Nc1cc(-c2ccc(N(Cc3ccccc3)C(=O)OC(C)(C)C)cc2)ncn1. The van der Waals surface area contributed by atoms with Crippen LogP contribution in [0.25, 0.3) is 11.3 Å². The van der Waals surface area contributed by atoms with Gasteiger partial charge in [-0.25, -0.2) is 19.6 Å². The fourth-order valence-corrected chi connectivity index (χ4v) is 4.11. The smallest absolute Gasteiger partial charge is 0.415 e. The molecule has 0 unspecified atom stereocenters. The van der Waals surface area contributed by atoms with Crippen molar-refractivity contribution in [1.82, 2.24) is 9.97 Å². The number of hydrogen-bond donors (Lipinski definition) is 1. The number of anilines is 2. The molecular formula is C32H34N4O4. The first-order chi connectivity index (χ1) is 19.2. The van der Waals surface area contributed by atoms with Crippen molar-refractivity contribution < 1.29 is 19.1 Å². The number of ether oxygens (including phenoxy) is 2. The number of benzene rings is 3. The lowest BCUT2D eigenvalue weighted by Crippen LogP contribution is -2.36. The van der Waals surface area contributed by atoms with Gasteiger partial charge in [0, 0.05) is 23.7 Å². The molecule has 0 saturated heterocycles. The number of amides is 1. The Kier molecular flexibility index (Phi) is 9.11. The molecule has 4 rings (SSSR count). The fourth-order valence-electron chi connectivity index (χ4n) is 4.11. The van der Waals surface area contributed by atoms with Crippen LogP contribution in [0.1, 0.15) is 31.9 Å². The van der Waals surface area contributed by atoms with Gasteiger partial charge in [-0.2, -0.15) is 0 Å². The van der Waals surface area contributed by atoms with E-state index in [0.717, 1.165) is 16.7 Å². The molecule has 8 nitrogen and oxygen atoms in total. The van der Waals surface area contributed by atoms with Gasteiger partial charge in [0.1, 0.15) is 23.8 Å². The van der Waals surface area contributed by atoms with E-state index in [2.05, 4.69) is 15.3 Å². The second kappa shape index (κ2) is 12.9. The van der Waals surface area contributed by atoms with Gasteiger partial charge in [-0.3, -0.25) is 4.90 Å². The summed E-state index contributed by atoms with van der Waals surface area (Å²) in [5, 5.41) is 3.19. The van der Waals surface area contributed by atoms with E-state index in [1.165, 1.54) is 13.4 Å². The van der Waals surface area contributed by atoms with E-state index in [1.807, 2.05) is 106 Å². The molecule has 3 aromatic carbocycles. The monoisotopic (exact) mass is 538 g/mol. The number of methoxy groups -OCH3 is 1. The summed E-state index contributed by atoms with van der Waals surface area (Å²) in [5.41, 5.74) is 3.55. The fraction of sp³-hybridized carbons (Fsp3) is 0.250. The van der Waals surface area contributed by atoms with E-state index in [0.29, 0.717) is 30.2 Å². The molecule has 0 bridgehead atoms. The molecule has 0 fully saturated rings. The van der Waals surface area contributed by atoms with Crippen LogP contribution in [0.4, 0.5) is 16.3 Å². The number of nitrogens with zero attached hydrogens (tertiary/aromatic N) is 3. The number of carbonyl (C=O) groups is 2. The van der Waals surface area contributed by atoms with Crippen LogP contribution in [0.2, 0.25) is 0 Å². The van der Waals surface area contributed by atoms with Crippen LogP contribution in [0.3, 0.4) is 0 Å². The summed E-state index contributed by atoms with van der Waals surface area (Å²) in [5.74, 6) is 0.119. The van der Waals surface area contributed by atoms with Gasteiger partial charge in [-0.15, -0.1) is 0 Å². The minimum atomic E-state index is -0.626. The molecule has 1 amide bonds. The number of hydrogen-bond acceptors (Lipinski definition) is 7. The first-order valence-electron chi connectivity index (χ1n) is 13.1. The summed E-state index contributed by atoms with van der Waals surface area (Å²) in [7, 11) is 1.37. The highest BCUT2D eigenvalue weighted by Crippen LogP contribution is 2.26. The zero-order valence-electron chi connectivity index (χ0n) is 23.2. The van der Waals surface area contributed by atoms with Crippen molar-refractivity contribution >= 4 is 23.6 Å². The van der Waals surface area contributed by atoms with E-state index < -0.39 is 17.7 Å². The Morgan fingerprint density at radius 1 is 0.875 bits per heavy atom. The van der Waals surface area contributed by atoms with Crippen molar-refractivity contribution in [2.75, 3.05) is 17.3 Å². The average Bonchev–Trinajstić information content (AvgIpc) is 2.95. The molecule has 206 valence electrons. The molecule has 0 aliphatic heterocycles. The molecule has 0 aliphatic carbocycles. The van der Waals surface area contributed by atoms with Crippen molar-refractivity contribution in [3.05, 3.63) is 108 Å². The summed E-state index contributed by atoms with van der Waals surface area (Å²) in [6.07, 6.45) is 1.47. The zero-order chi connectivity index (χ0) is 28.5. The Hall–Kier alpha value is -4.72. The molecule has 1 aromatic heterocycles.